The summed E-state index contributed by atoms with van der Waals surface area (Å²) in [6.07, 6.45) is 6.09. The van der Waals surface area contributed by atoms with Crippen LogP contribution < -0.4 is 15.5 Å². The Kier molecular flexibility index (Phi) is 6.24. The molecule has 0 bridgehead atoms. The molecule has 2 aromatic rings. The molecule has 0 radical (unpaired) electrons. The number of ether oxygens (including phenoxy) is 1. The number of benzene rings is 1. The van der Waals surface area contributed by atoms with Gasteiger partial charge < -0.3 is 20.3 Å². The smallest absolute Gasteiger partial charge is 0.274 e. The number of amides is 1. The summed E-state index contributed by atoms with van der Waals surface area (Å²) in [5.41, 5.74) is 2.18. The van der Waals surface area contributed by atoms with Crippen molar-refractivity contribution >= 4 is 23.1 Å². The maximum atomic E-state index is 13.0. The maximum absolute atomic E-state index is 13.0. The second-order valence-corrected chi connectivity index (χ2v) is 7.74. The molecule has 1 aromatic carbocycles. The van der Waals surface area contributed by atoms with Crippen molar-refractivity contribution in [2.75, 3.05) is 41.8 Å². The lowest BCUT2D eigenvalue weighted by atomic mass is 9.95. The zero-order valence-electron chi connectivity index (χ0n) is 17.0. The Balaban J connectivity index is 1.50. The first kappa shape index (κ1) is 19.6. The lowest BCUT2D eigenvalue weighted by molar-refractivity contribution is 0.102. The number of nitrogens with one attached hydrogen (secondary N) is 2. The van der Waals surface area contributed by atoms with E-state index < -0.39 is 0 Å². The third-order valence-corrected chi connectivity index (χ3v) is 5.53. The predicted molar refractivity (Wildman–Crippen MR) is 115 cm³/mol. The van der Waals surface area contributed by atoms with Crippen LogP contribution >= 0.6 is 0 Å². The van der Waals surface area contributed by atoms with Crippen molar-refractivity contribution < 1.29 is 9.53 Å². The Morgan fingerprint density at radius 1 is 1.10 bits per heavy atom. The molecule has 2 heterocycles. The fourth-order valence-electron chi connectivity index (χ4n) is 4.06. The fraction of sp³-hybridized carbons (Fsp3) is 0.500. The van der Waals surface area contributed by atoms with Crippen molar-refractivity contribution in [2.24, 2.45) is 0 Å². The molecule has 7 nitrogen and oxygen atoms in total. The molecular weight excluding hydrogens is 366 g/mol. The minimum absolute atomic E-state index is 0.220. The van der Waals surface area contributed by atoms with Gasteiger partial charge in [0.2, 0.25) is 0 Å². The normalized spacial score (nSPS) is 17.8. The molecule has 0 unspecified atom stereocenters. The Labute approximate surface area is 171 Å². The van der Waals surface area contributed by atoms with Crippen LogP contribution in [0.3, 0.4) is 0 Å². The van der Waals surface area contributed by atoms with Gasteiger partial charge >= 0.3 is 0 Å². The summed E-state index contributed by atoms with van der Waals surface area (Å²) >= 11 is 0. The highest BCUT2D eigenvalue weighted by Gasteiger charge is 2.19. The summed E-state index contributed by atoms with van der Waals surface area (Å²) in [7, 11) is 0. The average Bonchev–Trinajstić information content (AvgIpc) is 2.75. The Morgan fingerprint density at radius 3 is 2.66 bits per heavy atom. The largest absolute Gasteiger partial charge is 0.378 e. The Bertz CT molecular complexity index is 845. The molecule has 2 aliphatic rings. The molecule has 1 amide bonds. The van der Waals surface area contributed by atoms with Crippen molar-refractivity contribution in [3.63, 3.8) is 0 Å². The van der Waals surface area contributed by atoms with E-state index in [2.05, 4.69) is 25.5 Å². The number of aryl methyl sites for hydroxylation is 1. The average molecular weight is 396 g/mol. The van der Waals surface area contributed by atoms with E-state index in [1.165, 1.54) is 19.3 Å². The van der Waals surface area contributed by atoms with E-state index in [0.29, 0.717) is 30.8 Å². The molecule has 0 atom stereocenters. The molecule has 1 aromatic heterocycles. The van der Waals surface area contributed by atoms with E-state index >= 15 is 0 Å². The van der Waals surface area contributed by atoms with Crippen LogP contribution in [0.15, 0.2) is 30.3 Å². The second-order valence-electron chi connectivity index (χ2n) is 7.74. The standard InChI is InChI=1S/C22H29N5O2/c1-16-23-19(15-21(24-16)25-17-7-3-2-4-8-17)22(28)26-18-9-5-6-10-20(18)27-11-13-29-14-12-27/h5-6,9-10,15,17H,2-4,7-8,11-14H2,1H3,(H,26,28)(H,23,24,25). The van der Waals surface area contributed by atoms with E-state index in [1.807, 2.05) is 31.2 Å². The predicted octanol–water partition coefficient (Wildman–Crippen LogP) is 3.62. The molecule has 7 heteroatoms. The van der Waals surface area contributed by atoms with Gasteiger partial charge in [0.15, 0.2) is 0 Å². The van der Waals surface area contributed by atoms with Gasteiger partial charge in [0.05, 0.1) is 24.6 Å². The first-order chi connectivity index (χ1) is 14.2. The minimum atomic E-state index is -0.220. The lowest BCUT2D eigenvalue weighted by Crippen LogP contribution is -2.36. The van der Waals surface area contributed by atoms with Crippen LogP contribution in [0.5, 0.6) is 0 Å². The zero-order chi connectivity index (χ0) is 20.1. The molecule has 1 saturated carbocycles. The van der Waals surface area contributed by atoms with Gasteiger partial charge in [-0.05, 0) is 31.9 Å². The summed E-state index contributed by atoms with van der Waals surface area (Å²) in [6.45, 7) is 4.85. The monoisotopic (exact) mass is 395 g/mol. The number of para-hydroxylation sites is 2. The van der Waals surface area contributed by atoms with E-state index in [1.54, 1.807) is 6.07 Å². The van der Waals surface area contributed by atoms with Crippen molar-refractivity contribution in [3.8, 4) is 0 Å². The molecular formula is C22H29N5O2. The topological polar surface area (TPSA) is 79.4 Å². The molecule has 2 fully saturated rings. The molecule has 4 rings (SSSR count). The molecule has 29 heavy (non-hydrogen) atoms. The van der Waals surface area contributed by atoms with Crippen molar-refractivity contribution in [1.29, 1.82) is 0 Å². The first-order valence-electron chi connectivity index (χ1n) is 10.5. The molecule has 1 aliphatic heterocycles. The number of carbonyl (C=O) groups excluding carboxylic acids is 1. The highest BCUT2D eigenvalue weighted by molar-refractivity contribution is 6.05. The Morgan fingerprint density at radius 2 is 1.86 bits per heavy atom. The van der Waals surface area contributed by atoms with Crippen LogP contribution in [0.2, 0.25) is 0 Å². The summed E-state index contributed by atoms with van der Waals surface area (Å²) in [4.78, 5) is 24.1. The van der Waals surface area contributed by atoms with Crippen molar-refractivity contribution in [2.45, 2.75) is 45.1 Å². The number of aromatic nitrogens is 2. The summed E-state index contributed by atoms with van der Waals surface area (Å²) in [5, 5.41) is 6.53. The van der Waals surface area contributed by atoms with Crippen LogP contribution in [0.25, 0.3) is 0 Å². The number of morpholine rings is 1. The van der Waals surface area contributed by atoms with Crippen LogP contribution in [0, 0.1) is 6.92 Å². The van der Waals surface area contributed by atoms with Crippen LogP contribution in [0.4, 0.5) is 17.2 Å². The number of rotatable bonds is 5. The molecule has 0 spiro atoms. The molecule has 1 aliphatic carbocycles. The number of hydrogen-bond donors (Lipinski definition) is 2. The highest BCUT2D eigenvalue weighted by Crippen LogP contribution is 2.27. The number of hydrogen-bond acceptors (Lipinski definition) is 6. The fourth-order valence-corrected chi connectivity index (χ4v) is 4.06. The Hall–Kier alpha value is -2.67. The molecule has 154 valence electrons. The third-order valence-electron chi connectivity index (χ3n) is 5.53. The molecule has 1 saturated heterocycles. The number of nitrogens with zero attached hydrogens (tertiary/aromatic N) is 3. The van der Waals surface area contributed by atoms with Gasteiger partial charge in [0.25, 0.3) is 5.91 Å². The van der Waals surface area contributed by atoms with Gasteiger partial charge in [-0.1, -0.05) is 31.4 Å². The van der Waals surface area contributed by atoms with E-state index in [0.717, 1.165) is 43.1 Å². The van der Waals surface area contributed by atoms with E-state index in [9.17, 15) is 4.79 Å². The van der Waals surface area contributed by atoms with Gasteiger partial charge in [0, 0.05) is 25.2 Å². The van der Waals surface area contributed by atoms with Gasteiger partial charge in [-0.15, -0.1) is 0 Å². The van der Waals surface area contributed by atoms with Crippen molar-refractivity contribution in [3.05, 3.63) is 41.9 Å². The van der Waals surface area contributed by atoms with Gasteiger partial charge in [0.1, 0.15) is 17.3 Å². The van der Waals surface area contributed by atoms with Crippen molar-refractivity contribution in [1.82, 2.24) is 9.97 Å². The quantitative estimate of drug-likeness (QED) is 0.805. The maximum Gasteiger partial charge on any atom is 0.274 e. The van der Waals surface area contributed by atoms with Crippen LogP contribution in [-0.2, 0) is 4.74 Å². The first-order valence-corrected chi connectivity index (χ1v) is 10.5. The molecule has 2 N–H and O–H groups in total. The third kappa shape index (κ3) is 5.03. The van der Waals surface area contributed by atoms with Crippen LogP contribution in [0.1, 0.15) is 48.4 Å². The van der Waals surface area contributed by atoms with Gasteiger partial charge in [-0.2, -0.15) is 0 Å². The summed E-state index contributed by atoms with van der Waals surface area (Å²) < 4.78 is 5.45. The zero-order valence-corrected chi connectivity index (χ0v) is 17.0. The number of carbonyl (C=O) groups is 1. The number of anilines is 3. The van der Waals surface area contributed by atoms with Gasteiger partial charge in [-0.3, -0.25) is 4.79 Å². The summed E-state index contributed by atoms with van der Waals surface area (Å²) in [6, 6.07) is 10.1. The lowest BCUT2D eigenvalue weighted by Gasteiger charge is -2.30. The SMILES string of the molecule is Cc1nc(NC2CCCCC2)cc(C(=O)Nc2ccccc2N2CCOCC2)n1. The summed E-state index contributed by atoms with van der Waals surface area (Å²) in [5.74, 6) is 1.11. The minimum Gasteiger partial charge on any atom is -0.378 e. The van der Waals surface area contributed by atoms with Crippen LogP contribution in [-0.4, -0.2) is 48.2 Å². The van der Waals surface area contributed by atoms with E-state index in [-0.39, 0.29) is 5.91 Å². The van der Waals surface area contributed by atoms with E-state index in [4.69, 9.17) is 4.74 Å². The highest BCUT2D eigenvalue weighted by atomic mass is 16.5. The second kappa shape index (κ2) is 9.22. The van der Waals surface area contributed by atoms with Gasteiger partial charge in [-0.25, -0.2) is 9.97 Å².